The van der Waals surface area contributed by atoms with Gasteiger partial charge >= 0.3 is 0 Å². The summed E-state index contributed by atoms with van der Waals surface area (Å²) in [6.07, 6.45) is 1.73. The van der Waals surface area contributed by atoms with Gasteiger partial charge in [0, 0.05) is 20.2 Å². The molecule has 0 radical (unpaired) electrons. The van der Waals surface area contributed by atoms with Gasteiger partial charge in [-0.3, -0.25) is 4.79 Å². The Kier molecular flexibility index (Phi) is 2.71. The van der Waals surface area contributed by atoms with Gasteiger partial charge in [-0.1, -0.05) is 48.5 Å². The van der Waals surface area contributed by atoms with E-state index < -0.39 is 0 Å². The van der Waals surface area contributed by atoms with E-state index >= 15 is 0 Å². The Bertz CT molecular complexity index is 636. The van der Waals surface area contributed by atoms with Crippen LogP contribution in [-0.2, 0) is 4.79 Å². The highest BCUT2D eigenvalue weighted by atomic mass is 16.2. The first-order chi connectivity index (χ1) is 9.18. The summed E-state index contributed by atoms with van der Waals surface area (Å²) in [6, 6.07) is 16.5. The van der Waals surface area contributed by atoms with Crippen LogP contribution >= 0.6 is 0 Å². The third kappa shape index (κ3) is 1.85. The third-order valence-electron chi connectivity index (χ3n) is 3.43. The average Bonchev–Trinajstić information content (AvgIpc) is 2.74. The first-order valence-electron chi connectivity index (χ1n) is 6.30. The quantitative estimate of drug-likeness (QED) is 0.606. The fraction of sp³-hybridized carbons (Fsp3) is 0.118. The second-order valence-electron chi connectivity index (χ2n) is 4.88. The van der Waals surface area contributed by atoms with Gasteiger partial charge in [0.2, 0.25) is 5.91 Å². The van der Waals surface area contributed by atoms with Gasteiger partial charge in [0.25, 0.3) is 0 Å². The lowest BCUT2D eigenvalue weighted by molar-refractivity contribution is -0.123. The van der Waals surface area contributed by atoms with Crippen molar-refractivity contribution < 1.29 is 4.79 Å². The van der Waals surface area contributed by atoms with E-state index in [1.807, 2.05) is 24.3 Å². The van der Waals surface area contributed by atoms with Crippen LogP contribution in [0.1, 0.15) is 11.1 Å². The predicted molar refractivity (Wildman–Crippen MR) is 77.7 cm³/mol. The molecule has 0 heterocycles. The number of nitrogens with zero attached hydrogens (tertiary/aromatic N) is 1. The lowest BCUT2D eigenvalue weighted by Crippen LogP contribution is -2.19. The lowest BCUT2D eigenvalue weighted by atomic mass is 10.0. The van der Waals surface area contributed by atoms with Crippen molar-refractivity contribution in [1.29, 1.82) is 0 Å². The number of fused-ring (bicyclic) bond motifs is 3. The molecule has 2 nitrogen and oxygen atoms in total. The van der Waals surface area contributed by atoms with Gasteiger partial charge in [0.15, 0.2) is 0 Å². The second kappa shape index (κ2) is 4.39. The van der Waals surface area contributed by atoms with E-state index in [0.29, 0.717) is 0 Å². The zero-order chi connectivity index (χ0) is 13.4. The molecule has 1 aliphatic carbocycles. The summed E-state index contributed by atoms with van der Waals surface area (Å²) in [5.74, 6) is 0.0153. The molecule has 94 valence electrons. The molecule has 2 heteroatoms. The van der Waals surface area contributed by atoms with Crippen LogP contribution in [0.4, 0.5) is 0 Å². The van der Waals surface area contributed by atoms with Crippen LogP contribution in [0.15, 0.2) is 54.6 Å². The maximum Gasteiger partial charge on any atom is 0.246 e. The summed E-state index contributed by atoms with van der Waals surface area (Å²) < 4.78 is 0. The molecule has 0 unspecified atom stereocenters. The van der Waals surface area contributed by atoms with E-state index in [1.165, 1.54) is 11.1 Å². The van der Waals surface area contributed by atoms with E-state index in [-0.39, 0.29) is 5.91 Å². The molecular formula is C17H15NO. The zero-order valence-corrected chi connectivity index (χ0v) is 11.1. The number of rotatable bonds is 1. The number of carbonyl (C=O) groups excluding carboxylic acids is 1. The Balaban J connectivity index is 2.23. The highest BCUT2D eigenvalue weighted by Gasteiger charge is 2.23. The fourth-order valence-corrected chi connectivity index (χ4v) is 2.46. The molecule has 0 bridgehead atoms. The zero-order valence-electron chi connectivity index (χ0n) is 11.1. The molecule has 0 aliphatic heterocycles. The number of amides is 1. The molecule has 0 atom stereocenters. The largest absolute Gasteiger partial charge is 0.345 e. The molecule has 0 saturated heterocycles. The summed E-state index contributed by atoms with van der Waals surface area (Å²) in [6.45, 7) is 0. The van der Waals surface area contributed by atoms with Crippen LogP contribution in [-0.4, -0.2) is 24.9 Å². The van der Waals surface area contributed by atoms with Gasteiger partial charge in [0.05, 0.1) is 0 Å². The van der Waals surface area contributed by atoms with Crippen molar-refractivity contribution in [1.82, 2.24) is 4.90 Å². The van der Waals surface area contributed by atoms with Gasteiger partial charge in [-0.25, -0.2) is 0 Å². The molecule has 1 aliphatic rings. The minimum atomic E-state index is 0.0153. The average molecular weight is 249 g/mol. The Hall–Kier alpha value is -2.35. The number of likely N-dealkylation sites (N-methyl/N-ethyl adjacent to an activating group) is 1. The van der Waals surface area contributed by atoms with Gasteiger partial charge in [-0.05, 0) is 27.8 Å². The Labute approximate surface area is 113 Å². The van der Waals surface area contributed by atoms with Gasteiger partial charge in [-0.15, -0.1) is 0 Å². The van der Waals surface area contributed by atoms with Crippen molar-refractivity contribution in [3.63, 3.8) is 0 Å². The summed E-state index contributed by atoms with van der Waals surface area (Å²) in [4.78, 5) is 13.6. The molecule has 19 heavy (non-hydrogen) atoms. The maximum atomic E-state index is 12.0. The van der Waals surface area contributed by atoms with Crippen molar-refractivity contribution in [2.45, 2.75) is 0 Å². The fourth-order valence-electron chi connectivity index (χ4n) is 2.46. The van der Waals surface area contributed by atoms with Gasteiger partial charge in [0.1, 0.15) is 0 Å². The number of carbonyl (C=O) groups is 1. The highest BCUT2D eigenvalue weighted by Crippen LogP contribution is 2.43. The first-order valence-corrected chi connectivity index (χ1v) is 6.30. The summed E-state index contributed by atoms with van der Waals surface area (Å²) in [7, 11) is 3.54. The maximum absolute atomic E-state index is 12.0. The second-order valence-corrected chi connectivity index (χ2v) is 4.88. The van der Waals surface area contributed by atoms with Crippen LogP contribution in [0.2, 0.25) is 0 Å². The molecule has 0 N–H and O–H groups in total. The van der Waals surface area contributed by atoms with Crippen LogP contribution < -0.4 is 0 Å². The monoisotopic (exact) mass is 249 g/mol. The number of hydrogen-bond donors (Lipinski definition) is 0. The van der Waals surface area contributed by atoms with Crippen molar-refractivity contribution in [2.75, 3.05) is 14.1 Å². The molecule has 0 spiro atoms. The van der Waals surface area contributed by atoms with Crippen LogP contribution in [0.3, 0.4) is 0 Å². The minimum absolute atomic E-state index is 0.0153. The molecule has 0 saturated carbocycles. The van der Waals surface area contributed by atoms with E-state index in [0.717, 1.165) is 16.7 Å². The van der Waals surface area contributed by atoms with Gasteiger partial charge < -0.3 is 4.90 Å². The van der Waals surface area contributed by atoms with Gasteiger partial charge in [-0.2, -0.15) is 0 Å². The standard InChI is InChI=1S/C17H15NO/c1-18(2)17(19)11-16-14-9-5-3-7-12(14)13-8-4-6-10-15(13)16/h3-11H,1-2H3. The summed E-state index contributed by atoms with van der Waals surface area (Å²) in [5.41, 5.74) is 5.70. The summed E-state index contributed by atoms with van der Waals surface area (Å²) >= 11 is 0. The Morgan fingerprint density at radius 3 is 1.68 bits per heavy atom. The van der Waals surface area contributed by atoms with Crippen molar-refractivity contribution >= 4 is 11.5 Å². The summed E-state index contributed by atoms with van der Waals surface area (Å²) in [5, 5.41) is 0. The molecular weight excluding hydrogens is 234 g/mol. The Morgan fingerprint density at radius 2 is 1.26 bits per heavy atom. The molecule has 0 aromatic heterocycles. The van der Waals surface area contributed by atoms with E-state index in [2.05, 4.69) is 24.3 Å². The highest BCUT2D eigenvalue weighted by molar-refractivity contribution is 6.07. The van der Waals surface area contributed by atoms with Crippen molar-refractivity contribution in [3.8, 4) is 11.1 Å². The van der Waals surface area contributed by atoms with E-state index in [1.54, 1.807) is 25.1 Å². The Morgan fingerprint density at radius 1 is 0.842 bits per heavy atom. The van der Waals surface area contributed by atoms with E-state index in [4.69, 9.17) is 0 Å². The smallest absolute Gasteiger partial charge is 0.246 e. The minimum Gasteiger partial charge on any atom is -0.345 e. The lowest BCUT2D eigenvalue weighted by Gasteiger charge is -2.08. The van der Waals surface area contributed by atoms with Crippen LogP contribution in [0, 0.1) is 0 Å². The number of hydrogen-bond acceptors (Lipinski definition) is 1. The third-order valence-corrected chi connectivity index (χ3v) is 3.43. The van der Waals surface area contributed by atoms with E-state index in [9.17, 15) is 4.79 Å². The molecule has 0 fully saturated rings. The normalized spacial score (nSPS) is 11.8. The number of benzene rings is 2. The molecule has 3 rings (SSSR count). The van der Waals surface area contributed by atoms with Crippen molar-refractivity contribution in [3.05, 3.63) is 65.7 Å². The molecule has 2 aromatic carbocycles. The van der Waals surface area contributed by atoms with Crippen LogP contribution in [0.5, 0.6) is 0 Å². The molecule has 1 amide bonds. The van der Waals surface area contributed by atoms with Crippen molar-refractivity contribution in [2.24, 2.45) is 0 Å². The first kappa shape index (κ1) is 11.7. The molecule has 2 aromatic rings. The predicted octanol–water partition coefficient (Wildman–Crippen LogP) is 3.19. The topological polar surface area (TPSA) is 20.3 Å². The van der Waals surface area contributed by atoms with Crippen LogP contribution in [0.25, 0.3) is 16.7 Å². The SMILES string of the molecule is CN(C)C(=O)C=C1c2ccccc2-c2ccccc21.